The molecular weight excluding hydrogens is 282 g/mol. The summed E-state index contributed by atoms with van der Waals surface area (Å²) in [6.07, 6.45) is 7.71. The lowest BCUT2D eigenvalue weighted by molar-refractivity contribution is -0.118. The van der Waals surface area contributed by atoms with Crippen LogP contribution in [0, 0.1) is 5.41 Å². The summed E-state index contributed by atoms with van der Waals surface area (Å²) < 4.78 is 0. The number of hydrogen-bond acceptors (Lipinski definition) is 1. The minimum Gasteiger partial charge on any atom is -0.312 e. The van der Waals surface area contributed by atoms with Crippen LogP contribution in [0.25, 0.3) is 0 Å². The maximum absolute atomic E-state index is 12.1. The Hall–Kier alpha value is -1.57. The highest BCUT2D eigenvalue weighted by molar-refractivity contribution is 5.95. The van der Waals surface area contributed by atoms with Crippen molar-refractivity contribution in [3.05, 3.63) is 42.0 Å². The van der Waals surface area contributed by atoms with E-state index in [2.05, 4.69) is 51.6 Å². The highest BCUT2D eigenvalue weighted by Gasteiger charge is 2.21. The summed E-state index contributed by atoms with van der Waals surface area (Å²) in [6.45, 7) is 11.6. The second-order valence-electron chi connectivity index (χ2n) is 8.01. The van der Waals surface area contributed by atoms with Gasteiger partial charge in [0, 0.05) is 18.7 Å². The van der Waals surface area contributed by atoms with Crippen molar-refractivity contribution in [2.75, 3.05) is 11.4 Å². The number of nitrogens with zero attached hydrogens (tertiary/aromatic N) is 1. The van der Waals surface area contributed by atoms with Crippen molar-refractivity contribution in [3.63, 3.8) is 0 Å². The molecule has 1 aromatic carbocycles. The van der Waals surface area contributed by atoms with E-state index in [4.69, 9.17) is 0 Å². The average Bonchev–Trinajstić information content (AvgIpc) is 2.47. The van der Waals surface area contributed by atoms with Crippen molar-refractivity contribution in [1.29, 1.82) is 0 Å². The molecule has 0 atom stereocenters. The fourth-order valence-electron chi connectivity index (χ4n) is 3.07. The Bertz CT molecular complexity index is 536. The van der Waals surface area contributed by atoms with Crippen LogP contribution < -0.4 is 4.90 Å². The zero-order chi connectivity index (χ0) is 16.9. The number of anilines is 1. The number of piperidine rings is 1. The molecule has 0 radical (unpaired) electrons. The zero-order valence-electron chi connectivity index (χ0n) is 15.0. The van der Waals surface area contributed by atoms with Gasteiger partial charge in [-0.15, -0.1) is 0 Å². The highest BCUT2D eigenvalue weighted by atomic mass is 16.2. The molecular formula is C21H31NO. The number of amides is 1. The van der Waals surface area contributed by atoms with Crippen molar-refractivity contribution in [1.82, 2.24) is 0 Å². The number of carbonyl (C=O) groups is 1. The van der Waals surface area contributed by atoms with E-state index in [1.165, 1.54) is 31.2 Å². The molecule has 0 unspecified atom stereocenters. The fraction of sp³-hybridized carbons (Fsp3) is 0.571. The molecule has 126 valence electrons. The first-order valence-electron chi connectivity index (χ1n) is 8.91. The van der Waals surface area contributed by atoms with Gasteiger partial charge in [0.2, 0.25) is 5.91 Å². The first kappa shape index (κ1) is 17.8. The Morgan fingerprint density at radius 3 is 2.39 bits per heavy atom. The van der Waals surface area contributed by atoms with Crippen LogP contribution in [-0.4, -0.2) is 12.5 Å². The van der Waals surface area contributed by atoms with Crippen LogP contribution >= 0.6 is 0 Å². The minimum absolute atomic E-state index is 0.177. The molecule has 2 heteroatoms. The lowest BCUT2D eigenvalue weighted by Crippen LogP contribution is -2.35. The molecule has 0 aliphatic carbocycles. The minimum atomic E-state index is 0.177. The summed E-state index contributed by atoms with van der Waals surface area (Å²) in [4.78, 5) is 14.0. The lowest BCUT2D eigenvalue weighted by atomic mass is 9.89. The molecule has 1 saturated heterocycles. The first-order valence-corrected chi connectivity index (χ1v) is 8.91. The van der Waals surface area contributed by atoms with Crippen molar-refractivity contribution in [3.8, 4) is 0 Å². The summed E-state index contributed by atoms with van der Waals surface area (Å²) in [5.74, 6) is 0.177. The van der Waals surface area contributed by atoms with E-state index < -0.39 is 0 Å². The maximum atomic E-state index is 12.1. The van der Waals surface area contributed by atoms with Crippen molar-refractivity contribution < 1.29 is 4.79 Å². The molecule has 1 amide bonds. The monoisotopic (exact) mass is 313 g/mol. The van der Waals surface area contributed by atoms with Crippen LogP contribution in [0.1, 0.15) is 64.9 Å². The largest absolute Gasteiger partial charge is 0.312 e. The molecule has 0 saturated carbocycles. The van der Waals surface area contributed by atoms with E-state index in [9.17, 15) is 4.79 Å². The second kappa shape index (κ2) is 7.81. The number of unbranched alkanes of at least 4 members (excludes halogenated alkanes) is 2. The Labute approximate surface area is 141 Å². The van der Waals surface area contributed by atoms with Gasteiger partial charge < -0.3 is 4.90 Å². The summed E-state index contributed by atoms with van der Waals surface area (Å²) >= 11 is 0. The molecule has 2 nitrogen and oxygen atoms in total. The van der Waals surface area contributed by atoms with Gasteiger partial charge in [0.15, 0.2) is 0 Å². The highest BCUT2D eigenvalue weighted by Crippen LogP contribution is 2.25. The number of aryl methyl sites for hydroxylation is 1. The molecule has 0 N–H and O–H groups in total. The summed E-state index contributed by atoms with van der Waals surface area (Å²) in [6, 6.07) is 8.54. The van der Waals surface area contributed by atoms with Crippen LogP contribution in [0.3, 0.4) is 0 Å². The predicted molar refractivity (Wildman–Crippen MR) is 98.8 cm³/mol. The van der Waals surface area contributed by atoms with Crippen LogP contribution in [0.2, 0.25) is 0 Å². The molecule has 1 aliphatic rings. The average molecular weight is 313 g/mol. The Kier molecular flexibility index (Phi) is 6.04. The van der Waals surface area contributed by atoms with Crippen molar-refractivity contribution in [2.24, 2.45) is 5.41 Å². The van der Waals surface area contributed by atoms with E-state index in [-0.39, 0.29) is 5.91 Å². The third-order valence-corrected chi connectivity index (χ3v) is 4.53. The topological polar surface area (TPSA) is 20.3 Å². The van der Waals surface area contributed by atoms with E-state index in [1.54, 1.807) is 0 Å². The maximum Gasteiger partial charge on any atom is 0.231 e. The summed E-state index contributed by atoms with van der Waals surface area (Å²) in [7, 11) is 0. The van der Waals surface area contributed by atoms with Gasteiger partial charge in [-0.2, -0.15) is 0 Å². The quantitative estimate of drug-likeness (QED) is 0.500. The number of hydrogen-bond donors (Lipinski definition) is 0. The van der Waals surface area contributed by atoms with Crippen LogP contribution in [0.5, 0.6) is 0 Å². The summed E-state index contributed by atoms with van der Waals surface area (Å²) in [5, 5.41) is 0. The van der Waals surface area contributed by atoms with Gasteiger partial charge >= 0.3 is 0 Å². The molecule has 1 aromatic rings. The summed E-state index contributed by atoms with van der Waals surface area (Å²) in [5.41, 5.74) is 3.91. The third-order valence-electron chi connectivity index (χ3n) is 4.53. The van der Waals surface area contributed by atoms with Gasteiger partial charge in [0.05, 0.1) is 0 Å². The molecule has 1 heterocycles. The fourth-order valence-corrected chi connectivity index (χ4v) is 3.07. The van der Waals surface area contributed by atoms with Crippen LogP contribution in [0.15, 0.2) is 36.4 Å². The smallest absolute Gasteiger partial charge is 0.231 e. The van der Waals surface area contributed by atoms with Gasteiger partial charge in [-0.1, -0.05) is 57.9 Å². The SMILES string of the molecule is C=C1CCN(c2ccc(CCCCCC(C)(C)C)cc2)C(=O)C1. The van der Waals surface area contributed by atoms with Crippen molar-refractivity contribution >= 4 is 11.6 Å². The zero-order valence-corrected chi connectivity index (χ0v) is 15.0. The molecule has 0 bridgehead atoms. The van der Waals surface area contributed by atoms with Gasteiger partial charge in [0.1, 0.15) is 0 Å². The van der Waals surface area contributed by atoms with Crippen LogP contribution in [0.4, 0.5) is 5.69 Å². The molecule has 2 rings (SSSR count). The van der Waals surface area contributed by atoms with E-state index >= 15 is 0 Å². The van der Waals surface area contributed by atoms with Crippen LogP contribution in [-0.2, 0) is 11.2 Å². The second-order valence-corrected chi connectivity index (χ2v) is 8.01. The number of rotatable bonds is 6. The Morgan fingerprint density at radius 2 is 1.78 bits per heavy atom. The Morgan fingerprint density at radius 1 is 1.09 bits per heavy atom. The van der Waals surface area contributed by atoms with E-state index in [1.807, 2.05) is 4.90 Å². The number of benzene rings is 1. The lowest BCUT2D eigenvalue weighted by Gasteiger charge is -2.28. The molecule has 1 fully saturated rings. The normalized spacial score (nSPS) is 16.0. The van der Waals surface area contributed by atoms with Gasteiger partial charge in [-0.3, -0.25) is 4.79 Å². The van der Waals surface area contributed by atoms with Gasteiger partial charge in [-0.05, 0) is 48.8 Å². The molecule has 0 aromatic heterocycles. The van der Waals surface area contributed by atoms with E-state index in [0.29, 0.717) is 11.8 Å². The first-order chi connectivity index (χ1) is 10.8. The van der Waals surface area contributed by atoms with Gasteiger partial charge in [0.25, 0.3) is 0 Å². The van der Waals surface area contributed by atoms with E-state index in [0.717, 1.165) is 30.6 Å². The van der Waals surface area contributed by atoms with Crippen molar-refractivity contribution in [2.45, 2.75) is 65.7 Å². The van der Waals surface area contributed by atoms with Gasteiger partial charge in [-0.25, -0.2) is 0 Å². The molecule has 1 aliphatic heterocycles. The molecule has 23 heavy (non-hydrogen) atoms. The standard InChI is InChI=1S/C21H31NO/c1-17-13-15-22(20(23)16-17)19-11-9-18(10-12-19)8-6-5-7-14-21(2,3)4/h9-12H,1,5-8,13-16H2,2-4H3. The Balaban J connectivity index is 1.78. The molecule has 0 spiro atoms. The predicted octanol–water partition coefficient (Wildman–Crippen LogP) is 5.52. The number of carbonyl (C=O) groups excluding carboxylic acids is 1. The third kappa shape index (κ3) is 5.85.